The summed E-state index contributed by atoms with van der Waals surface area (Å²) in [6, 6.07) is 25.0. The van der Waals surface area contributed by atoms with Crippen molar-refractivity contribution in [3.63, 3.8) is 0 Å². The van der Waals surface area contributed by atoms with Gasteiger partial charge in [-0.2, -0.15) is 0 Å². The number of alkyl carbamates (subject to hydrolysis) is 1. The average molecular weight is 604 g/mol. The number of nitrogens with one attached hydrogen (secondary N) is 4. The van der Waals surface area contributed by atoms with Gasteiger partial charge in [0.05, 0.1) is 25.6 Å². The molecule has 0 spiro atoms. The molecule has 1 heterocycles. The van der Waals surface area contributed by atoms with Gasteiger partial charge in [0.15, 0.2) is 0 Å². The van der Waals surface area contributed by atoms with Crippen LogP contribution in [-0.2, 0) is 38.8 Å². The lowest BCUT2D eigenvalue weighted by molar-refractivity contribution is -0.124. The number of nitrogens with zero attached hydrogens (tertiary/aromatic N) is 1. The van der Waals surface area contributed by atoms with Crippen LogP contribution in [0.25, 0.3) is 0 Å². The number of rotatable bonds is 15. The predicted octanol–water partition coefficient (Wildman–Crippen LogP) is 4.48. The van der Waals surface area contributed by atoms with Crippen molar-refractivity contribution in [1.82, 2.24) is 25.9 Å². The molecule has 4 aromatic rings. The Balaban J connectivity index is 1.41. The lowest BCUT2D eigenvalue weighted by Crippen LogP contribution is -2.48. The Morgan fingerprint density at radius 2 is 1.51 bits per heavy atom. The predicted molar refractivity (Wildman–Crippen MR) is 162 cm³/mol. The Hall–Kier alpha value is -4.67. The molecule has 224 valence electrons. The van der Waals surface area contributed by atoms with E-state index in [-0.39, 0.29) is 32.0 Å². The van der Waals surface area contributed by atoms with Crippen LogP contribution in [0.2, 0.25) is 5.02 Å². The number of aromatic amines is 1. The van der Waals surface area contributed by atoms with Crippen LogP contribution in [0.5, 0.6) is 0 Å². The minimum absolute atomic E-state index is 0.0296. The number of aromatic nitrogens is 2. The Bertz CT molecular complexity index is 1420. The number of halogens is 1. The molecule has 4 N–H and O–H groups in total. The van der Waals surface area contributed by atoms with Crippen molar-refractivity contribution in [1.29, 1.82) is 0 Å². The molecule has 3 amide bonds. The van der Waals surface area contributed by atoms with Crippen LogP contribution in [0, 0.1) is 0 Å². The van der Waals surface area contributed by atoms with E-state index < -0.39 is 24.0 Å². The molecule has 43 heavy (non-hydrogen) atoms. The van der Waals surface area contributed by atoms with Gasteiger partial charge in [-0.05, 0) is 28.8 Å². The van der Waals surface area contributed by atoms with E-state index in [4.69, 9.17) is 21.1 Å². The van der Waals surface area contributed by atoms with E-state index >= 15 is 0 Å². The van der Waals surface area contributed by atoms with Crippen LogP contribution < -0.4 is 16.0 Å². The molecule has 0 aliphatic rings. The number of imidazole rings is 1. The van der Waals surface area contributed by atoms with E-state index in [0.29, 0.717) is 23.9 Å². The zero-order valence-corrected chi connectivity index (χ0v) is 24.3. The smallest absolute Gasteiger partial charge is 0.407 e. The summed E-state index contributed by atoms with van der Waals surface area (Å²) in [5.74, 6) is -1.75. The summed E-state index contributed by atoms with van der Waals surface area (Å²) in [5.41, 5.74) is 3.09. The third-order valence-corrected chi connectivity index (χ3v) is 6.77. The topological polar surface area (TPSA) is 134 Å². The first-order chi connectivity index (χ1) is 21.0. The van der Waals surface area contributed by atoms with Gasteiger partial charge in [-0.1, -0.05) is 84.4 Å². The van der Waals surface area contributed by atoms with Crippen LogP contribution in [-0.4, -0.2) is 47.1 Å². The van der Waals surface area contributed by atoms with E-state index in [1.54, 1.807) is 24.3 Å². The molecule has 10 nitrogen and oxygen atoms in total. The summed E-state index contributed by atoms with van der Waals surface area (Å²) in [6.45, 7) is 1.22. The maximum atomic E-state index is 13.6. The average Bonchev–Trinajstić information content (AvgIpc) is 3.55. The molecule has 0 fully saturated rings. The number of ether oxygens (including phenoxy) is 2. The van der Waals surface area contributed by atoms with Crippen molar-refractivity contribution in [3.8, 4) is 0 Å². The number of amides is 3. The number of carbonyl (C=O) groups is 3. The SMILES string of the molecule is O=C(C[C@H](NC(=O)OCc1ccccc1)C(C(=O)NCc1ccc(Cl)cc1)c1cnc[nH]1)NCCOCc1ccccc1. The molecule has 0 aliphatic carbocycles. The Morgan fingerprint density at radius 3 is 2.16 bits per heavy atom. The minimum atomic E-state index is -0.973. The van der Waals surface area contributed by atoms with Gasteiger partial charge < -0.3 is 30.4 Å². The van der Waals surface area contributed by atoms with Crippen molar-refractivity contribution in [2.24, 2.45) is 0 Å². The van der Waals surface area contributed by atoms with Crippen LogP contribution in [0.4, 0.5) is 4.79 Å². The number of benzene rings is 3. The summed E-state index contributed by atoms with van der Waals surface area (Å²) in [6.07, 6.45) is 1.97. The third kappa shape index (κ3) is 10.6. The minimum Gasteiger partial charge on any atom is -0.445 e. The number of H-pyrrole nitrogens is 1. The standard InChI is InChI=1S/C32H34ClN5O5/c33-26-13-11-23(12-14-26)18-36-31(40)30(28-19-34-22-37-28)27(38-32(41)43-21-25-9-5-2-6-10-25)17-29(39)35-15-16-42-20-24-7-3-1-4-8-24/h1-14,19,22,27,30H,15-18,20-21H2,(H,34,37)(H,35,39)(H,36,40)(H,38,41)/t27-,30?/m0/s1. The number of hydrogen-bond donors (Lipinski definition) is 4. The van der Waals surface area contributed by atoms with Crippen LogP contribution in [0.1, 0.15) is 34.7 Å². The van der Waals surface area contributed by atoms with Gasteiger partial charge in [-0.15, -0.1) is 0 Å². The van der Waals surface area contributed by atoms with Gasteiger partial charge in [0.25, 0.3) is 0 Å². The highest BCUT2D eigenvalue weighted by Crippen LogP contribution is 2.21. The molecule has 2 atom stereocenters. The second-order valence-electron chi connectivity index (χ2n) is 9.73. The Labute approximate surface area is 255 Å². The first-order valence-electron chi connectivity index (χ1n) is 13.8. The second kappa shape index (κ2) is 16.7. The molecule has 1 unspecified atom stereocenters. The second-order valence-corrected chi connectivity index (χ2v) is 10.2. The first kappa shape index (κ1) is 31.3. The molecule has 0 aliphatic heterocycles. The highest BCUT2D eigenvalue weighted by molar-refractivity contribution is 6.30. The first-order valence-corrected chi connectivity index (χ1v) is 14.2. The van der Waals surface area contributed by atoms with E-state index in [1.807, 2.05) is 60.7 Å². The zero-order chi connectivity index (χ0) is 30.3. The largest absolute Gasteiger partial charge is 0.445 e. The molecule has 11 heteroatoms. The normalized spacial score (nSPS) is 12.1. The highest BCUT2D eigenvalue weighted by atomic mass is 35.5. The molecular formula is C32H34ClN5O5. The lowest BCUT2D eigenvalue weighted by atomic mass is 9.92. The number of hydrogen-bond acceptors (Lipinski definition) is 6. The molecule has 3 aromatic carbocycles. The van der Waals surface area contributed by atoms with Gasteiger partial charge in [-0.3, -0.25) is 9.59 Å². The fraction of sp³-hybridized carbons (Fsp3) is 0.250. The van der Waals surface area contributed by atoms with Gasteiger partial charge in [-0.25, -0.2) is 9.78 Å². The fourth-order valence-corrected chi connectivity index (χ4v) is 4.47. The maximum Gasteiger partial charge on any atom is 0.407 e. The van der Waals surface area contributed by atoms with Crippen LogP contribution >= 0.6 is 11.6 Å². The molecule has 0 radical (unpaired) electrons. The van der Waals surface area contributed by atoms with Crippen LogP contribution in [0.15, 0.2) is 97.5 Å². The molecule has 1 aromatic heterocycles. The lowest BCUT2D eigenvalue weighted by Gasteiger charge is -2.26. The third-order valence-electron chi connectivity index (χ3n) is 6.52. The zero-order valence-electron chi connectivity index (χ0n) is 23.5. The molecular weight excluding hydrogens is 570 g/mol. The Kier molecular flexibility index (Phi) is 12.1. The molecule has 0 saturated carbocycles. The van der Waals surface area contributed by atoms with Gasteiger partial charge in [0.1, 0.15) is 12.5 Å². The maximum absolute atomic E-state index is 13.6. The van der Waals surface area contributed by atoms with Crippen molar-refractivity contribution < 1.29 is 23.9 Å². The van der Waals surface area contributed by atoms with Gasteiger partial charge in [0.2, 0.25) is 11.8 Å². The molecule has 4 rings (SSSR count). The van der Waals surface area contributed by atoms with Crippen molar-refractivity contribution in [3.05, 3.63) is 125 Å². The molecule has 0 saturated heterocycles. The van der Waals surface area contributed by atoms with Crippen molar-refractivity contribution in [2.75, 3.05) is 13.2 Å². The summed E-state index contributed by atoms with van der Waals surface area (Å²) in [5, 5.41) is 9.02. The Morgan fingerprint density at radius 1 is 0.837 bits per heavy atom. The van der Waals surface area contributed by atoms with Crippen molar-refractivity contribution in [2.45, 2.75) is 38.1 Å². The van der Waals surface area contributed by atoms with E-state index in [9.17, 15) is 14.4 Å². The van der Waals surface area contributed by atoms with Gasteiger partial charge >= 0.3 is 6.09 Å². The van der Waals surface area contributed by atoms with E-state index in [0.717, 1.165) is 16.7 Å². The van der Waals surface area contributed by atoms with Crippen molar-refractivity contribution >= 4 is 29.5 Å². The summed E-state index contributed by atoms with van der Waals surface area (Å²) >= 11 is 5.98. The van der Waals surface area contributed by atoms with Crippen LogP contribution in [0.3, 0.4) is 0 Å². The van der Waals surface area contributed by atoms with Gasteiger partial charge in [0, 0.05) is 36.4 Å². The van der Waals surface area contributed by atoms with E-state index in [1.165, 1.54) is 12.5 Å². The highest BCUT2D eigenvalue weighted by Gasteiger charge is 2.34. The molecule has 0 bridgehead atoms. The summed E-state index contributed by atoms with van der Waals surface area (Å²) in [4.78, 5) is 46.5. The fourth-order valence-electron chi connectivity index (χ4n) is 4.35. The quantitative estimate of drug-likeness (QED) is 0.148. The monoisotopic (exact) mass is 603 g/mol. The van der Waals surface area contributed by atoms with E-state index in [2.05, 4.69) is 25.9 Å². The summed E-state index contributed by atoms with van der Waals surface area (Å²) < 4.78 is 11.1. The number of carbonyl (C=O) groups excluding carboxylic acids is 3. The summed E-state index contributed by atoms with van der Waals surface area (Å²) in [7, 11) is 0.